The van der Waals surface area contributed by atoms with Crippen molar-refractivity contribution in [1.82, 2.24) is 24.7 Å². The number of amides is 1. The topological polar surface area (TPSA) is 69.0 Å². The number of likely N-dealkylation sites (tertiary alicyclic amines) is 1. The number of carbonyl (C=O) groups excluding carboxylic acids is 1. The molecule has 208 valence electrons. The number of aliphatic imine (C=N–C) groups is 1. The van der Waals surface area contributed by atoms with Crippen molar-refractivity contribution in [3.63, 3.8) is 0 Å². The highest BCUT2D eigenvalue weighted by Gasteiger charge is 2.34. The minimum Gasteiger partial charge on any atom is -0.354 e. The van der Waals surface area contributed by atoms with Crippen molar-refractivity contribution < 1.29 is 4.79 Å². The van der Waals surface area contributed by atoms with Crippen LogP contribution in [0.15, 0.2) is 78.3 Å². The van der Waals surface area contributed by atoms with Gasteiger partial charge in [-0.1, -0.05) is 6.92 Å². The first-order valence-electron chi connectivity index (χ1n) is 14.6. The third-order valence-electron chi connectivity index (χ3n) is 8.55. The maximum Gasteiger partial charge on any atom is 0.253 e. The molecular formula is C32H39N7O. The Bertz CT molecular complexity index is 1370. The van der Waals surface area contributed by atoms with E-state index in [0.717, 1.165) is 80.5 Å². The summed E-state index contributed by atoms with van der Waals surface area (Å²) in [5.41, 5.74) is 4.06. The number of piperidine rings is 1. The summed E-state index contributed by atoms with van der Waals surface area (Å²) in [6.07, 6.45) is 13.1. The van der Waals surface area contributed by atoms with E-state index in [1.54, 1.807) is 0 Å². The SMILES string of the molecule is CCC1CN(c2ncc(C3=NCC=CN3)cc2C)CCN1C1CCN(C(=O)c2ccc(-n3cccc3)cc2)CC1. The lowest BCUT2D eigenvalue weighted by Crippen LogP contribution is -2.58. The Balaban J connectivity index is 1.05. The van der Waals surface area contributed by atoms with Crippen LogP contribution in [0.3, 0.4) is 0 Å². The molecular weight excluding hydrogens is 498 g/mol. The molecule has 0 aliphatic carbocycles. The molecule has 0 saturated carbocycles. The number of aromatic nitrogens is 2. The van der Waals surface area contributed by atoms with Gasteiger partial charge in [0.25, 0.3) is 5.91 Å². The van der Waals surface area contributed by atoms with Crippen LogP contribution >= 0.6 is 0 Å². The van der Waals surface area contributed by atoms with Crippen LogP contribution in [0.2, 0.25) is 0 Å². The summed E-state index contributed by atoms with van der Waals surface area (Å²) in [5, 5.41) is 3.23. The molecule has 3 aliphatic rings. The van der Waals surface area contributed by atoms with E-state index in [1.807, 2.05) is 72.2 Å². The first-order valence-corrected chi connectivity index (χ1v) is 14.6. The van der Waals surface area contributed by atoms with Gasteiger partial charge in [0.05, 0.1) is 6.54 Å². The molecule has 1 aromatic carbocycles. The fourth-order valence-corrected chi connectivity index (χ4v) is 6.35. The van der Waals surface area contributed by atoms with Crippen LogP contribution < -0.4 is 10.2 Å². The van der Waals surface area contributed by atoms with Crippen molar-refractivity contribution in [2.45, 2.75) is 45.2 Å². The quantitative estimate of drug-likeness (QED) is 0.509. The second kappa shape index (κ2) is 11.7. The summed E-state index contributed by atoms with van der Waals surface area (Å²) in [4.78, 5) is 29.9. The fraction of sp³-hybridized carbons (Fsp3) is 0.406. The molecule has 0 spiro atoms. The van der Waals surface area contributed by atoms with Gasteiger partial charge in [-0.15, -0.1) is 0 Å². The van der Waals surface area contributed by atoms with Crippen molar-refractivity contribution in [1.29, 1.82) is 0 Å². The van der Waals surface area contributed by atoms with Crippen LogP contribution in [0.4, 0.5) is 5.82 Å². The third-order valence-corrected chi connectivity index (χ3v) is 8.55. The largest absolute Gasteiger partial charge is 0.354 e. The summed E-state index contributed by atoms with van der Waals surface area (Å²) < 4.78 is 2.05. The molecule has 6 rings (SSSR count). The van der Waals surface area contributed by atoms with Gasteiger partial charge in [0, 0.05) is 86.4 Å². The minimum absolute atomic E-state index is 0.143. The Morgan fingerprint density at radius 1 is 1.05 bits per heavy atom. The third kappa shape index (κ3) is 5.41. The van der Waals surface area contributed by atoms with Crippen LogP contribution in [-0.4, -0.2) is 82.4 Å². The van der Waals surface area contributed by atoms with E-state index in [4.69, 9.17) is 4.98 Å². The average Bonchev–Trinajstić information content (AvgIpc) is 3.56. The zero-order chi connectivity index (χ0) is 27.5. The van der Waals surface area contributed by atoms with Gasteiger partial charge in [-0.3, -0.25) is 14.7 Å². The van der Waals surface area contributed by atoms with Gasteiger partial charge in [-0.2, -0.15) is 0 Å². The molecule has 0 bridgehead atoms. The monoisotopic (exact) mass is 537 g/mol. The van der Waals surface area contributed by atoms with Crippen molar-refractivity contribution in [2.75, 3.05) is 44.2 Å². The summed E-state index contributed by atoms with van der Waals surface area (Å²) in [5.74, 6) is 2.11. The van der Waals surface area contributed by atoms with Crippen LogP contribution in [0.25, 0.3) is 5.69 Å². The van der Waals surface area contributed by atoms with Gasteiger partial charge in [-0.25, -0.2) is 4.98 Å². The molecule has 8 heteroatoms. The number of benzene rings is 1. The summed E-state index contributed by atoms with van der Waals surface area (Å²) in [6.45, 7) is 9.76. The smallest absolute Gasteiger partial charge is 0.253 e. The van der Waals surface area contributed by atoms with Crippen molar-refractivity contribution in [3.05, 3.63) is 90.0 Å². The normalized spacial score (nSPS) is 20.4. The molecule has 8 nitrogen and oxygen atoms in total. The molecule has 3 aliphatic heterocycles. The highest BCUT2D eigenvalue weighted by molar-refractivity contribution is 6.00. The summed E-state index contributed by atoms with van der Waals surface area (Å²) in [7, 11) is 0. The number of hydrogen-bond donors (Lipinski definition) is 1. The number of nitrogens with zero attached hydrogens (tertiary/aromatic N) is 6. The van der Waals surface area contributed by atoms with Crippen molar-refractivity contribution >= 4 is 17.6 Å². The zero-order valence-corrected chi connectivity index (χ0v) is 23.5. The van der Waals surface area contributed by atoms with E-state index >= 15 is 0 Å². The maximum absolute atomic E-state index is 13.2. The molecule has 2 aromatic heterocycles. The highest BCUT2D eigenvalue weighted by atomic mass is 16.2. The number of nitrogens with one attached hydrogen (secondary N) is 1. The molecule has 2 saturated heterocycles. The van der Waals surface area contributed by atoms with E-state index in [9.17, 15) is 4.79 Å². The van der Waals surface area contributed by atoms with Gasteiger partial charge in [0.2, 0.25) is 0 Å². The second-order valence-electron chi connectivity index (χ2n) is 11.0. The number of anilines is 1. The Labute approximate surface area is 237 Å². The van der Waals surface area contributed by atoms with Gasteiger partial charge in [-0.05, 0) is 80.3 Å². The standard InChI is InChI=1S/C32H39N7O/c1-3-27-23-38(31-24(2)21-26(22-35-31)30-33-13-6-14-34-30)19-20-39(27)29-11-17-37(18-12-29)32(40)25-7-9-28(10-8-25)36-15-4-5-16-36/h4-10,13,15-16,21-22,27,29H,3,11-12,14,17-20,23H2,1-2H3,(H,33,34). The molecule has 1 amide bonds. The molecule has 2 fully saturated rings. The summed E-state index contributed by atoms with van der Waals surface area (Å²) in [6, 6.07) is 15.2. The van der Waals surface area contributed by atoms with Crippen LogP contribution in [0.5, 0.6) is 0 Å². The lowest BCUT2D eigenvalue weighted by molar-refractivity contribution is 0.0490. The first kappa shape index (κ1) is 26.3. The van der Waals surface area contributed by atoms with Crippen LogP contribution in [0, 0.1) is 6.92 Å². The molecule has 40 heavy (non-hydrogen) atoms. The number of hydrogen-bond acceptors (Lipinski definition) is 6. The molecule has 1 N–H and O–H groups in total. The average molecular weight is 538 g/mol. The first-order chi connectivity index (χ1) is 19.6. The number of amidine groups is 1. The zero-order valence-electron chi connectivity index (χ0n) is 23.5. The molecule has 0 radical (unpaired) electrons. The highest BCUT2D eigenvalue weighted by Crippen LogP contribution is 2.28. The van der Waals surface area contributed by atoms with E-state index in [1.165, 1.54) is 5.56 Å². The van der Waals surface area contributed by atoms with Crippen LogP contribution in [0.1, 0.15) is 47.7 Å². The fourth-order valence-electron chi connectivity index (χ4n) is 6.35. The van der Waals surface area contributed by atoms with E-state index in [-0.39, 0.29) is 5.91 Å². The number of pyridine rings is 1. The minimum atomic E-state index is 0.143. The van der Waals surface area contributed by atoms with E-state index in [2.05, 4.69) is 44.6 Å². The van der Waals surface area contributed by atoms with Crippen molar-refractivity contribution in [2.24, 2.45) is 4.99 Å². The Hall–Kier alpha value is -3.91. The summed E-state index contributed by atoms with van der Waals surface area (Å²) >= 11 is 0. The Kier molecular flexibility index (Phi) is 7.68. The lowest BCUT2D eigenvalue weighted by Gasteiger charge is -2.48. The van der Waals surface area contributed by atoms with E-state index < -0.39 is 0 Å². The van der Waals surface area contributed by atoms with Gasteiger partial charge >= 0.3 is 0 Å². The number of carbonyl (C=O) groups is 1. The Morgan fingerprint density at radius 3 is 2.50 bits per heavy atom. The Morgan fingerprint density at radius 2 is 1.82 bits per heavy atom. The van der Waals surface area contributed by atoms with Crippen molar-refractivity contribution in [3.8, 4) is 5.69 Å². The predicted octanol–water partition coefficient (Wildman–Crippen LogP) is 4.25. The van der Waals surface area contributed by atoms with Gasteiger partial charge in [0.15, 0.2) is 0 Å². The number of rotatable bonds is 6. The molecule has 5 heterocycles. The second-order valence-corrected chi connectivity index (χ2v) is 11.0. The molecule has 3 aromatic rings. The predicted molar refractivity (Wildman–Crippen MR) is 160 cm³/mol. The number of aryl methyl sites for hydroxylation is 1. The number of piperazine rings is 1. The maximum atomic E-state index is 13.2. The van der Waals surface area contributed by atoms with E-state index in [0.29, 0.717) is 18.6 Å². The molecule has 1 atom stereocenters. The lowest BCUT2D eigenvalue weighted by atomic mass is 9.97. The van der Waals surface area contributed by atoms with Gasteiger partial charge in [0.1, 0.15) is 11.7 Å². The van der Waals surface area contributed by atoms with Crippen LogP contribution in [-0.2, 0) is 0 Å². The molecule has 1 unspecified atom stereocenters. The van der Waals surface area contributed by atoms with Gasteiger partial charge < -0.3 is 19.7 Å².